The van der Waals surface area contributed by atoms with Crippen molar-refractivity contribution in [3.05, 3.63) is 64.9 Å². The number of benzene rings is 2. The van der Waals surface area contributed by atoms with Crippen LogP contribution in [-0.2, 0) is 11.3 Å². The van der Waals surface area contributed by atoms with Gasteiger partial charge in [0.15, 0.2) is 11.0 Å². The second-order valence-corrected chi connectivity index (χ2v) is 9.86. The Balaban J connectivity index is 1.54. The van der Waals surface area contributed by atoms with E-state index in [-0.39, 0.29) is 11.2 Å². The predicted molar refractivity (Wildman–Crippen MR) is 131 cm³/mol. The Morgan fingerprint density at radius 1 is 1.12 bits per heavy atom. The normalized spacial score (nSPS) is 15.5. The highest BCUT2D eigenvalue weighted by Crippen LogP contribution is 2.28. The summed E-state index contributed by atoms with van der Waals surface area (Å²) in [5.74, 6) is 0.805. The average Bonchev–Trinajstić information content (AvgIpc) is 3.19. The Labute approximate surface area is 198 Å². The zero-order chi connectivity index (χ0) is 22.5. The number of likely N-dealkylation sites (tertiary alicyclic amines) is 1. The van der Waals surface area contributed by atoms with Gasteiger partial charge in [-0.1, -0.05) is 54.0 Å². The molecule has 8 heteroatoms. The number of nitrogens with one attached hydrogen (secondary N) is 1. The van der Waals surface area contributed by atoms with E-state index in [2.05, 4.69) is 25.0 Å². The molecule has 0 aliphatic carbocycles. The molecule has 1 N–H and O–H groups in total. The van der Waals surface area contributed by atoms with Crippen LogP contribution in [0.3, 0.4) is 0 Å². The van der Waals surface area contributed by atoms with Gasteiger partial charge in [-0.05, 0) is 69.6 Å². The van der Waals surface area contributed by atoms with Crippen molar-refractivity contribution in [1.29, 1.82) is 0 Å². The molecule has 1 fully saturated rings. The lowest BCUT2D eigenvalue weighted by Crippen LogP contribution is -2.30. The number of hydrogen-bond donors (Lipinski definition) is 1. The molecule has 168 valence electrons. The molecule has 0 saturated carbocycles. The van der Waals surface area contributed by atoms with Crippen molar-refractivity contribution in [2.24, 2.45) is 0 Å². The molecule has 0 radical (unpaired) electrons. The van der Waals surface area contributed by atoms with Crippen LogP contribution < -0.4 is 5.32 Å². The van der Waals surface area contributed by atoms with Gasteiger partial charge in [0.25, 0.3) is 0 Å². The molecule has 0 spiro atoms. The number of hydrogen-bond acceptors (Lipinski definition) is 5. The molecule has 1 unspecified atom stereocenters. The summed E-state index contributed by atoms with van der Waals surface area (Å²) in [5.41, 5.74) is 2.70. The van der Waals surface area contributed by atoms with E-state index in [0.717, 1.165) is 42.4 Å². The number of aromatic nitrogens is 3. The van der Waals surface area contributed by atoms with Crippen molar-refractivity contribution < 1.29 is 4.79 Å². The molecule has 2 heterocycles. The number of nitrogens with zero attached hydrogens (tertiary/aromatic N) is 4. The number of carbonyl (C=O) groups excluding carboxylic acids is 1. The minimum atomic E-state index is -0.358. The summed E-state index contributed by atoms with van der Waals surface area (Å²) in [4.78, 5) is 15.3. The van der Waals surface area contributed by atoms with Gasteiger partial charge in [0.05, 0.1) is 11.8 Å². The van der Waals surface area contributed by atoms with Crippen LogP contribution >= 0.6 is 23.4 Å². The van der Waals surface area contributed by atoms with Crippen LogP contribution in [0.5, 0.6) is 0 Å². The van der Waals surface area contributed by atoms with E-state index in [9.17, 15) is 4.79 Å². The van der Waals surface area contributed by atoms with Gasteiger partial charge in [0.2, 0.25) is 5.91 Å². The van der Waals surface area contributed by atoms with Crippen LogP contribution in [0.25, 0.3) is 5.69 Å². The van der Waals surface area contributed by atoms with Crippen LogP contribution in [0.15, 0.2) is 53.7 Å². The highest BCUT2D eigenvalue weighted by molar-refractivity contribution is 8.00. The molecule has 6 nitrogen and oxygen atoms in total. The van der Waals surface area contributed by atoms with E-state index in [1.165, 1.54) is 31.0 Å². The zero-order valence-corrected chi connectivity index (χ0v) is 20.0. The largest absolute Gasteiger partial charge is 0.325 e. The lowest BCUT2D eigenvalue weighted by molar-refractivity contribution is -0.115. The summed E-state index contributed by atoms with van der Waals surface area (Å²) in [6.45, 7) is 6.76. The van der Waals surface area contributed by atoms with E-state index in [1.54, 1.807) is 6.07 Å². The van der Waals surface area contributed by atoms with E-state index in [1.807, 2.05) is 56.3 Å². The molecule has 1 aromatic heterocycles. The van der Waals surface area contributed by atoms with Gasteiger partial charge >= 0.3 is 0 Å². The number of para-hydroxylation sites is 1. The third-order valence-corrected chi connectivity index (χ3v) is 6.92. The summed E-state index contributed by atoms with van der Waals surface area (Å²) in [5, 5.41) is 12.9. The molecular weight excluding hydrogens is 442 g/mol. The fourth-order valence-electron chi connectivity index (χ4n) is 3.81. The number of aryl methyl sites for hydroxylation is 1. The van der Waals surface area contributed by atoms with Gasteiger partial charge in [-0.2, -0.15) is 0 Å². The summed E-state index contributed by atoms with van der Waals surface area (Å²) in [6, 6.07) is 15.6. The minimum absolute atomic E-state index is 0.0967. The first-order valence-electron chi connectivity index (χ1n) is 11.0. The number of rotatable bonds is 7. The number of thioether (sulfide) groups is 1. The Kier molecular flexibility index (Phi) is 7.50. The van der Waals surface area contributed by atoms with Crippen LogP contribution in [0.4, 0.5) is 5.69 Å². The molecule has 2 aromatic carbocycles. The van der Waals surface area contributed by atoms with Gasteiger partial charge in [-0.3, -0.25) is 14.3 Å². The van der Waals surface area contributed by atoms with Crippen molar-refractivity contribution in [3.8, 4) is 5.69 Å². The first kappa shape index (κ1) is 22.8. The molecule has 1 saturated heterocycles. The molecule has 1 amide bonds. The van der Waals surface area contributed by atoms with Crippen molar-refractivity contribution >= 4 is 35.0 Å². The summed E-state index contributed by atoms with van der Waals surface area (Å²) >= 11 is 7.51. The third kappa shape index (κ3) is 5.52. The lowest BCUT2D eigenvalue weighted by Gasteiger charge is -2.26. The fraction of sp³-hybridized carbons (Fsp3) is 0.375. The maximum absolute atomic E-state index is 12.9. The van der Waals surface area contributed by atoms with E-state index in [4.69, 9.17) is 11.6 Å². The molecule has 32 heavy (non-hydrogen) atoms. The van der Waals surface area contributed by atoms with Gasteiger partial charge < -0.3 is 5.32 Å². The van der Waals surface area contributed by atoms with E-state index >= 15 is 0 Å². The van der Waals surface area contributed by atoms with Crippen LogP contribution in [0.2, 0.25) is 5.02 Å². The molecule has 1 aliphatic rings. The van der Waals surface area contributed by atoms with Crippen LogP contribution in [0, 0.1) is 6.92 Å². The molecule has 4 rings (SSSR count). The molecular formula is C24H28ClN5OS. The van der Waals surface area contributed by atoms with Gasteiger partial charge in [0.1, 0.15) is 0 Å². The average molecular weight is 470 g/mol. The van der Waals surface area contributed by atoms with Crippen LogP contribution in [0.1, 0.15) is 37.6 Å². The summed E-state index contributed by atoms with van der Waals surface area (Å²) in [7, 11) is 0. The molecule has 1 atom stereocenters. The van der Waals surface area contributed by atoms with Crippen molar-refractivity contribution in [2.45, 2.75) is 50.1 Å². The smallest absolute Gasteiger partial charge is 0.237 e. The van der Waals surface area contributed by atoms with E-state index in [0.29, 0.717) is 10.2 Å². The van der Waals surface area contributed by atoms with Gasteiger partial charge in [-0.15, -0.1) is 10.2 Å². The van der Waals surface area contributed by atoms with Crippen molar-refractivity contribution in [3.63, 3.8) is 0 Å². The SMILES string of the molecule is Cc1ccc(Cl)cc1NC(=O)C(C)Sc1nnc(CN2CCCCC2)n1-c1ccccc1. The first-order chi connectivity index (χ1) is 15.5. The Hall–Kier alpha value is -2.35. The summed E-state index contributed by atoms with van der Waals surface area (Å²) < 4.78 is 2.08. The molecule has 3 aromatic rings. The second kappa shape index (κ2) is 10.5. The Bertz CT molecular complexity index is 1070. The maximum atomic E-state index is 12.9. The number of halogens is 1. The topological polar surface area (TPSA) is 63.1 Å². The maximum Gasteiger partial charge on any atom is 0.237 e. The number of piperidine rings is 1. The number of carbonyl (C=O) groups is 1. The minimum Gasteiger partial charge on any atom is -0.325 e. The highest BCUT2D eigenvalue weighted by Gasteiger charge is 2.23. The third-order valence-electron chi connectivity index (χ3n) is 5.64. The lowest BCUT2D eigenvalue weighted by atomic mass is 10.1. The van der Waals surface area contributed by atoms with Gasteiger partial charge in [-0.25, -0.2) is 0 Å². The number of anilines is 1. The van der Waals surface area contributed by atoms with Crippen LogP contribution in [-0.4, -0.2) is 43.9 Å². The second-order valence-electron chi connectivity index (χ2n) is 8.12. The first-order valence-corrected chi connectivity index (χ1v) is 12.2. The fourth-order valence-corrected chi connectivity index (χ4v) is 4.87. The highest BCUT2D eigenvalue weighted by atomic mass is 35.5. The Morgan fingerprint density at radius 3 is 2.62 bits per heavy atom. The Morgan fingerprint density at radius 2 is 1.88 bits per heavy atom. The molecule has 0 bridgehead atoms. The van der Waals surface area contributed by atoms with E-state index < -0.39 is 0 Å². The number of amides is 1. The summed E-state index contributed by atoms with van der Waals surface area (Å²) in [6.07, 6.45) is 3.74. The van der Waals surface area contributed by atoms with Crippen molar-refractivity contribution in [2.75, 3.05) is 18.4 Å². The van der Waals surface area contributed by atoms with Crippen molar-refractivity contribution in [1.82, 2.24) is 19.7 Å². The molecule has 1 aliphatic heterocycles. The quantitative estimate of drug-likeness (QED) is 0.473. The predicted octanol–water partition coefficient (Wildman–Crippen LogP) is 5.33. The zero-order valence-electron chi connectivity index (χ0n) is 18.4. The standard InChI is InChI=1S/C24H28ClN5OS/c1-17-11-12-19(25)15-21(17)26-23(31)18(2)32-24-28-27-22(16-29-13-7-4-8-14-29)30(24)20-9-5-3-6-10-20/h3,5-6,9-12,15,18H,4,7-8,13-14,16H2,1-2H3,(H,26,31). The van der Waals surface area contributed by atoms with Gasteiger partial charge in [0, 0.05) is 16.4 Å². The monoisotopic (exact) mass is 469 g/mol.